The molecule has 134 valence electrons. The number of carbonyl (C=O) groups excluding carboxylic acids is 1. The van der Waals surface area contributed by atoms with Crippen LogP contribution in [0, 0.1) is 5.82 Å². The number of ketones is 1. The first-order valence-corrected chi connectivity index (χ1v) is 8.84. The molecule has 0 amide bonds. The van der Waals surface area contributed by atoms with Gasteiger partial charge >= 0.3 is 0 Å². The van der Waals surface area contributed by atoms with E-state index >= 15 is 0 Å². The number of aryl methyl sites for hydroxylation is 1. The van der Waals surface area contributed by atoms with Crippen molar-refractivity contribution >= 4 is 27.6 Å². The third kappa shape index (κ3) is 3.52. The second kappa shape index (κ2) is 7.52. The highest BCUT2D eigenvalue weighted by molar-refractivity contribution is 5.97. The number of nitrogens with zero attached hydrogens (tertiary/aromatic N) is 2. The lowest BCUT2D eigenvalue weighted by Crippen LogP contribution is -2.02. The quantitative estimate of drug-likeness (QED) is 0.540. The van der Waals surface area contributed by atoms with Gasteiger partial charge in [0, 0.05) is 47.2 Å². The number of hydrogen-bond acceptors (Lipinski definition) is 2. The van der Waals surface area contributed by atoms with Crippen LogP contribution in [0.15, 0.2) is 48.8 Å². The van der Waals surface area contributed by atoms with Gasteiger partial charge in [-0.1, -0.05) is 26.0 Å². The second-order valence-electron chi connectivity index (χ2n) is 6.01. The van der Waals surface area contributed by atoms with Crippen molar-refractivity contribution in [2.45, 2.75) is 33.7 Å². The third-order valence-electron chi connectivity index (χ3n) is 4.20. The lowest BCUT2D eigenvalue weighted by Gasteiger charge is -2.00. The molecule has 0 spiro atoms. The average Bonchev–Trinajstić information content (AvgIpc) is 3.24. The summed E-state index contributed by atoms with van der Waals surface area (Å²) in [5.41, 5.74) is 3.70. The number of aromatic nitrogens is 3. The van der Waals surface area contributed by atoms with Crippen molar-refractivity contribution in [2.24, 2.45) is 0 Å². The number of rotatable bonds is 4. The largest absolute Gasteiger partial charge is 0.360 e. The molecular weight excluding hydrogens is 329 g/mol. The molecule has 1 N–H and O–H groups in total. The standard InChI is InChI=1S/C19H16FN3O.C2H6/c1-12(24)6-7-23-11-14-3-2-13(8-18(14)22-23)17-10-21-19-9-15(20)4-5-16(17)19;1-2/h2-5,8-11,21H,6-7H2,1H3;1-2H3. The van der Waals surface area contributed by atoms with E-state index in [4.69, 9.17) is 0 Å². The lowest BCUT2D eigenvalue weighted by atomic mass is 10.0. The molecule has 0 saturated heterocycles. The summed E-state index contributed by atoms with van der Waals surface area (Å²) in [7, 11) is 0. The van der Waals surface area contributed by atoms with Crippen molar-refractivity contribution < 1.29 is 9.18 Å². The van der Waals surface area contributed by atoms with Gasteiger partial charge in [0.05, 0.1) is 5.52 Å². The first-order chi connectivity index (χ1) is 12.6. The highest BCUT2D eigenvalue weighted by Gasteiger charge is 2.09. The van der Waals surface area contributed by atoms with Gasteiger partial charge in [-0.3, -0.25) is 9.48 Å². The SMILES string of the molecule is CC.CC(=O)CCn1cc2ccc(-c3c[nH]c4cc(F)ccc34)cc2n1. The fourth-order valence-corrected chi connectivity index (χ4v) is 2.96. The number of carbonyl (C=O) groups is 1. The van der Waals surface area contributed by atoms with Gasteiger partial charge in [-0.2, -0.15) is 5.10 Å². The fraction of sp³-hybridized carbons (Fsp3) is 0.238. The predicted octanol–water partition coefficient (Wildman–Crippen LogP) is 5.33. The number of aromatic amines is 1. The summed E-state index contributed by atoms with van der Waals surface area (Å²) < 4.78 is 15.1. The molecule has 0 fully saturated rings. The maximum atomic E-state index is 13.3. The third-order valence-corrected chi connectivity index (χ3v) is 4.20. The summed E-state index contributed by atoms with van der Waals surface area (Å²) in [4.78, 5) is 14.2. The van der Waals surface area contributed by atoms with Gasteiger partial charge in [-0.25, -0.2) is 4.39 Å². The average molecular weight is 351 g/mol. The topological polar surface area (TPSA) is 50.7 Å². The number of Topliss-reactive ketones (excluding diaryl/α,β-unsaturated/α-hetero) is 1. The van der Waals surface area contributed by atoms with E-state index in [9.17, 15) is 9.18 Å². The number of nitrogens with one attached hydrogen (secondary N) is 1. The van der Waals surface area contributed by atoms with Crippen molar-refractivity contribution in [3.8, 4) is 11.1 Å². The number of halogens is 1. The molecule has 4 nitrogen and oxygen atoms in total. The van der Waals surface area contributed by atoms with Crippen molar-refractivity contribution in [3.63, 3.8) is 0 Å². The van der Waals surface area contributed by atoms with E-state index in [2.05, 4.69) is 10.1 Å². The zero-order valence-electron chi connectivity index (χ0n) is 15.2. The summed E-state index contributed by atoms with van der Waals surface area (Å²) >= 11 is 0. The molecule has 0 unspecified atom stereocenters. The molecule has 2 aromatic heterocycles. The van der Waals surface area contributed by atoms with E-state index in [1.807, 2.05) is 44.4 Å². The first-order valence-electron chi connectivity index (χ1n) is 8.84. The van der Waals surface area contributed by atoms with Crippen LogP contribution in [0.5, 0.6) is 0 Å². The zero-order valence-corrected chi connectivity index (χ0v) is 15.2. The van der Waals surface area contributed by atoms with Gasteiger partial charge in [0.1, 0.15) is 11.6 Å². The molecule has 26 heavy (non-hydrogen) atoms. The number of H-pyrrole nitrogens is 1. The molecular formula is C21H22FN3O. The summed E-state index contributed by atoms with van der Waals surface area (Å²) in [5.74, 6) is -0.100. The number of hydrogen-bond donors (Lipinski definition) is 1. The van der Waals surface area contributed by atoms with Crippen LogP contribution in [0.4, 0.5) is 4.39 Å². The highest BCUT2D eigenvalue weighted by Crippen LogP contribution is 2.30. The molecule has 5 heteroatoms. The first kappa shape index (κ1) is 17.9. The fourth-order valence-electron chi connectivity index (χ4n) is 2.96. The minimum absolute atomic E-state index is 0.154. The van der Waals surface area contributed by atoms with Crippen LogP contribution in [-0.4, -0.2) is 20.5 Å². The molecule has 0 radical (unpaired) electrons. The maximum Gasteiger partial charge on any atom is 0.131 e. The Labute approximate surface area is 151 Å². The Hall–Kier alpha value is -2.95. The lowest BCUT2D eigenvalue weighted by molar-refractivity contribution is -0.117. The normalized spacial score (nSPS) is 10.8. The van der Waals surface area contributed by atoms with Crippen molar-refractivity contribution in [2.75, 3.05) is 0 Å². The Kier molecular flexibility index (Phi) is 5.16. The van der Waals surface area contributed by atoms with Gasteiger partial charge in [0.25, 0.3) is 0 Å². The molecule has 2 aromatic carbocycles. The summed E-state index contributed by atoms with van der Waals surface area (Å²) in [6.45, 7) is 6.17. The Morgan fingerprint density at radius 3 is 2.77 bits per heavy atom. The van der Waals surface area contributed by atoms with Crippen molar-refractivity contribution in [1.29, 1.82) is 0 Å². The van der Waals surface area contributed by atoms with E-state index in [1.54, 1.807) is 17.7 Å². The number of fused-ring (bicyclic) bond motifs is 2. The van der Waals surface area contributed by atoms with E-state index in [-0.39, 0.29) is 11.6 Å². The Morgan fingerprint density at radius 2 is 2.00 bits per heavy atom. The molecule has 0 atom stereocenters. The van der Waals surface area contributed by atoms with Crippen LogP contribution >= 0.6 is 0 Å². The van der Waals surface area contributed by atoms with E-state index in [1.165, 1.54) is 12.1 Å². The van der Waals surface area contributed by atoms with Crippen LogP contribution in [0.25, 0.3) is 32.9 Å². The van der Waals surface area contributed by atoms with Crippen LogP contribution < -0.4 is 0 Å². The predicted molar refractivity (Wildman–Crippen MR) is 104 cm³/mol. The summed E-state index contributed by atoms with van der Waals surface area (Å²) in [5, 5.41) is 6.56. The molecule has 0 saturated carbocycles. The van der Waals surface area contributed by atoms with Crippen molar-refractivity contribution in [1.82, 2.24) is 14.8 Å². The van der Waals surface area contributed by atoms with Crippen LogP contribution in [0.3, 0.4) is 0 Å². The van der Waals surface area contributed by atoms with E-state index < -0.39 is 0 Å². The molecule has 0 aliphatic carbocycles. The summed E-state index contributed by atoms with van der Waals surface area (Å²) in [6.07, 6.45) is 4.32. The molecule has 4 aromatic rings. The minimum Gasteiger partial charge on any atom is -0.360 e. The van der Waals surface area contributed by atoms with Gasteiger partial charge in [0.2, 0.25) is 0 Å². The second-order valence-corrected chi connectivity index (χ2v) is 6.01. The maximum absolute atomic E-state index is 13.3. The molecule has 0 aliphatic rings. The monoisotopic (exact) mass is 351 g/mol. The van der Waals surface area contributed by atoms with Crippen LogP contribution in [0.2, 0.25) is 0 Å². The highest BCUT2D eigenvalue weighted by atomic mass is 19.1. The molecule has 4 rings (SSSR count). The van der Waals surface area contributed by atoms with Crippen LogP contribution in [0.1, 0.15) is 27.2 Å². The zero-order chi connectivity index (χ0) is 18.7. The molecule has 2 heterocycles. The van der Waals surface area contributed by atoms with Crippen LogP contribution in [-0.2, 0) is 11.3 Å². The minimum atomic E-state index is -0.254. The number of benzene rings is 2. The van der Waals surface area contributed by atoms with Gasteiger partial charge < -0.3 is 4.98 Å². The Morgan fingerprint density at radius 1 is 1.19 bits per heavy atom. The van der Waals surface area contributed by atoms with E-state index in [0.717, 1.165) is 32.9 Å². The smallest absolute Gasteiger partial charge is 0.131 e. The van der Waals surface area contributed by atoms with Gasteiger partial charge in [-0.05, 0) is 36.8 Å². The van der Waals surface area contributed by atoms with Gasteiger partial charge in [-0.15, -0.1) is 0 Å². The molecule has 0 bridgehead atoms. The Balaban J connectivity index is 0.000000948. The van der Waals surface area contributed by atoms with Crippen molar-refractivity contribution in [3.05, 3.63) is 54.6 Å². The van der Waals surface area contributed by atoms with Gasteiger partial charge in [0.15, 0.2) is 0 Å². The summed E-state index contributed by atoms with van der Waals surface area (Å²) in [6, 6.07) is 10.8. The molecule has 0 aliphatic heterocycles. The van der Waals surface area contributed by atoms with E-state index in [0.29, 0.717) is 13.0 Å². The Bertz CT molecular complexity index is 1060.